The van der Waals surface area contributed by atoms with Gasteiger partial charge in [0, 0.05) is 59.4 Å². The Morgan fingerprint density at radius 2 is 1.81 bits per heavy atom. The van der Waals surface area contributed by atoms with Gasteiger partial charge in [0.25, 0.3) is 0 Å². The van der Waals surface area contributed by atoms with Crippen LogP contribution in [0.3, 0.4) is 0 Å². The maximum atomic E-state index is 15.2. The molecule has 7 nitrogen and oxygen atoms in total. The molecule has 1 aromatic heterocycles. The molecular weight excluding hydrogens is 603 g/mol. The maximum Gasteiger partial charge on any atom is 0.417 e. The van der Waals surface area contributed by atoms with Crippen LogP contribution in [-0.2, 0) is 22.3 Å². The van der Waals surface area contributed by atoms with E-state index in [1.54, 1.807) is 9.80 Å². The van der Waals surface area contributed by atoms with Crippen LogP contribution in [0.4, 0.5) is 27.8 Å². The molecule has 0 spiro atoms. The Balaban J connectivity index is 1.61. The van der Waals surface area contributed by atoms with E-state index in [-0.39, 0.29) is 72.1 Å². The summed E-state index contributed by atoms with van der Waals surface area (Å²) in [6.45, 7) is 4.45. The number of anilines is 1. The molecule has 0 N–H and O–H groups in total. The monoisotopic (exact) mass is 626 g/mol. The van der Waals surface area contributed by atoms with Gasteiger partial charge >= 0.3 is 11.9 Å². The number of carbonyl (C=O) groups is 1. The SMILES string of the molecule is C=CC(=O)N1CCN(c2nc(=O)n3c4c(c(-c5cc(Cl)c(F)cc5F)c(C(F)(F)F)cc24)SCC(OC2CC2)C3)CC1. The number of halogens is 6. The highest BCUT2D eigenvalue weighted by Crippen LogP contribution is 2.49. The van der Waals surface area contributed by atoms with Crippen molar-refractivity contribution >= 4 is 46.0 Å². The van der Waals surface area contributed by atoms with Crippen molar-refractivity contribution in [2.45, 2.75) is 42.7 Å². The van der Waals surface area contributed by atoms with Gasteiger partial charge in [-0.3, -0.25) is 9.36 Å². The van der Waals surface area contributed by atoms with Crippen molar-refractivity contribution in [3.8, 4) is 11.1 Å². The van der Waals surface area contributed by atoms with E-state index in [0.29, 0.717) is 6.07 Å². The van der Waals surface area contributed by atoms with Crippen molar-refractivity contribution in [2.75, 3.05) is 36.8 Å². The average Bonchev–Trinajstić information content (AvgIpc) is 3.79. The molecule has 6 rings (SSSR count). The number of thioether (sulfide) groups is 1. The number of hydrogen-bond donors (Lipinski definition) is 0. The molecule has 1 aliphatic carbocycles. The van der Waals surface area contributed by atoms with Crippen LogP contribution >= 0.6 is 23.4 Å². The van der Waals surface area contributed by atoms with Crippen LogP contribution in [0.2, 0.25) is 5.02 Å². The van der Waals surface area contributed by atoms with Gasteiger partial charge in [0.15, 0.2) is 0 Å². The number of alkyl halides is 3. The van der Waals surface area contributed by atoms with Crippen molar-refractivity contribution in [3.63, 3.8) is 0 Å². The van der Waals surface area contributed by atoms with E-state index in [9.17, 15) is 27.2 Å². The minimum Gasteiger partial charge on any atom is -0.372 e. The van der Waals surface area contributed by atoms with Crippen molar-refractivity contribution in [2.24, 2.45) is 0 Å². The van der Waals surface area contributed by atoms with Crippen LogP contribution in [0.15, 0.2) is 40.5 Å². The summed E-state index contributed by atoms with van der Waals surface area (Å²) in [5, 5.41) is -0.488. The van der Waals surface area contributed by atoms with Crippen LogP contribution in [0.5, 0.6) is 0 Å². The first-order valence-corrected chi connectivity index (χ1v) is 14.6. The molecule has 14 heteroatoms. The molecule has 0 bridgehead atoms. The standard InChI is InChI=1S/C28H24ClF5N4O3S/c1-2-22(39)36-5-7-37(8-6-36)26-17-9-18(28(32,33)34)23(16-10-19(29)21(31)11-20(16)30)25-24(17)38(27(40)35-26)12-15(13-42-25)41-14-3-4-14/h2,9-11,14-15H,1,3-8,12-13H2. The smallest absolute Gasteiger partial charge is 0.372 e. The first kappa shape index (κ1) is 28.9. The van der Waals surface area contributed by atoms with Gasteiger partial charge in [-0.15, -0.1) is 11.8 Å². The third-order valence-corrected chi connectivity index (χ3v) is 9.07. The Kier molecular flexibility index (Phi) is 7.47. The van der Waals surface area contributed by atoms with E-state index in [1.165, 1.54) is 10.6 Å². The second kappa shape index (κ2) is 10.8. The van der Waals surface area contributed by atoms with E-state index in [1.807, 2.05) is 0 Å². The van der Waals surface area contributed by atoms with Gasteiger partial charge in [-0.25, -0.2) is 13.6 Å². The molecule has 42 heavy (non-hydrogen) atoms. The number of aromatic nitrogens is 2. The molecular formula is C28H24ClF5N4O3S. The maximum absolute atomic E-state index is 15.2. The van der Waals surface area contributed by atoms with Crippen molar-refractivity contribution in [3.05, 3.63) is 63.6 Å². The lowest BCUT2D eigenvalue weighted by atomic mass is 9.95. The number of nitrogens with zero attached hydrogens (tertiary/aromatic N) is 4. The fourth-order valence-corrected chi connectivity index (χ4v) is 6.83. The minimum atomic E-state index is -4.96. The summed E-state index contributed by atoms with van der Waals surface area (Å²) < 4.78 is 81.0. The lowest BCUT2D eigenvalue weighted by molar-refractivity contribution is -0.137. The van der Waals surface area contributed by atoms with Gasteiger partial charge in [-0.2, -0.15) is 18.2 Å². The summed E-state index contributed by atoms with van der Waals surface area (Å²) in [5.41, 5.74) is -2.77. The molecule has 3 heterocycles. The fraction of sp³-hybridized carbons (Fsp3) is 0.393. The summed E-state index contributed by atoms with van der Waals surface area (Å²) in [4.78, 5) is 33.1. The fourth-order valence-electron chi connectivity index (χ4n) is 5.41. The first-order valence-electron chi connectivity index (χ1n) is 13.2. The average molecular weight is 627 g/mol. The number of ether oxygens (including phenoxy) is 1. The lowest BCUT2D eigenvalue weighted by Gasteiger charge is -2.35. The van der Waals surface area contributed by atoms with Crippen molar-refractivity contribution < 1.29 is 31.5 Å². The molecule has 2 aromatic carbocycles. The number of piperazine rings is 1. The Labute approximate surface area is 245 Å². The number of rotatable bonds is 5. The molecule has 1 saturated carbocycles. The molecule has 3 aromatic rings. The van der Waals surface area contributed by atoms with Gasteiger partial charge in [0.1, 0.15) is 17.5 Å². The largest absolute Gasteiger partial charge is 0.417 e. The van der Waals surface area contributed by atoms with Crippen LogP contribution in [-0.4, -0.2) is 64.5 Å². The zero-order valence-corrected chi connectivity index (χ0v) is 23.6. The zero-order chi connectivity index (χ0) is 29.9. The molecule has 2 fully saturated rings. The Bertz CT molecular complexity index is 1670. The third-order valence-electron chi connectivity index (χ3n) is 7.56. The van der Waals surface area contributed by atoms with E-state index in [0.717, 1.165) is 36.7 Å². The summed E-state index contributed by atoms with van der Waals surface area (Å²) in [7, 11) is 0. The van der Waals surface area contributed by atoms with Gasteiger partial charge in [0.05, 0.1) is 34.9 Å². The molecule has 1 saturated heterocycles. The molecule has 3 aliphatic rings. The minimum absolute atomic E-state index is 0.00312. The van der Waals surface area contributed by atoms with Gasteiger partial charge in [-0.05, 0) is 31.1 Å². The molecule has 1 amide bonds. The molecule has 0 radical (unpaired) electrons. The van der Waals surface area contributed by atoms with Crippen molar-refractivity contribution in [1.82, 2.24) is 14.5 Å². The highest BCUT2D eigenvalue weighted by Gasteiger charge is 2.40. The predicted molar refractivity (Wildman–Crippen MR) is 149 cm³/mol. The van der Waals surface area contributed by atoms with Crippen molar-refractivity contribution in [1.29, 1.82) is 0 Å². The van der Waals surface area contributed by atoms with E-state index in [4.69, 9.17) is 16.3 Å². The van der Waals surface area contributed by atoms with Crippen LogP contribution in [0.1, 0.15) is 18.4 Å². The van der Waals surface area contributed by atoms with Gasteiger partial charge < -0.3 is 14.5 Å². The predicted octanol–water partition coefficient (Wildman–Crippen LogP) is 5.50. The molecule has 2 aliphatic heterocycles. The van der Waals surface area contributed by atoms with Crippen LogP contribution in [0.25, 0.3) is 22.0 Å². The number of amides is 1. The normalized spacial score (nSPS) is 19.2. The first-order chi connectivity index (χ1) is 20.0. The topological polar surface area (TPSA) is 67.7 Å². The van der Waals surface area contributed by atoms with E-state index < -0.39 is 51.3 Å². The highest BCUT2D eigenvalue weighted by atomic mass is 35.5. The molecule has 1 atom stereocenters. The molecule has 1 unspecified atom stereocenters. The summed E-state index contributed by atoms with van der Waals surface area (Å²) in [6.07, 6.45) is -2.60. The second-order valence-electron chi connectivity index (χ2n) is 10.4. The van der Waals surface area contributed by atoms with Gasteiger partial charge in [0.2, 0.25) is 5.91 Å². The Hall–Kier alpha value is -3.16. The van der Waals surface area contributed by atoms with Crippen LogP contribution < -0.4 is 10.6 Å². The number of benzene rings is 2. The van der Waals surface area contributed by atoms with Crippen LogP contribution in [0, 0.1) is 11.6 Å². The second-order valence-corrected chi connectivity index (χ2v) is 11.8. The highest BCUT2D eigenvalue weighted by molar-refractivity contribution is 7.99. The third kappa shape index (κ3) is 5.26. The number of carbonyl (C=O) groups excluding carboxylic acids is 1. The summed E-state index contributed by atoms with van der Waals surface area (Å²) in [6, 6.07) is 2.15. The Morgan fingerprint density at radius 3 is 2.45 bits per heavy atom. The Morgan fingerprint density at radius 1 is 1.10 bits per heavy atom. The quantitative estimate of drug-likeness (QED) is 0.212. The lowest BCUT2D eigenvalue weighted by Crippen LogP contribution is -2.49. The number of hydrogen-bond acceptors (Lipinski definition) is 6. The summed E-state index contributed by atoms with van der Waals surface area (Å²) >= 11 is 6.94. The van der Waals surface area contributed by atoms with E-state index in [2.05, 4.69) is 11.6 Å². The summed E-state index contributed by atoms with van der Waals surface area (Å²) in [5.74, 6) is -2.39. The van der Waals surface area contributed by atoms with E-state index >= 15 is 4.39 Å². The molecule has 222 valence electrons. The van der Waals surface area contributed by atoms with Gasteiger partial charge in [-0.1, -0.05) is 18.2 Å². The zero-order valence-electron chi connectivity index (χ0n) is 22.0.